The molecule has 0 atom stereocenters. The fourth-order valence-electron chi connectivity index (χ4n) is 3.97. The number of aromatic nitrogens is 2. The second kappa shape index (κ2) is 8.46. The van der Waals surface area contributed by atoms with E-state index in [-0.39, 0.29) is 20.1 Å². The van der Waals surface area contributed by atoms with Gasteiger partial charge in [-0.3, -0.25) is 9.58 Å². The van der Waals surface area contributed by atoms with Crippen molar-refractivity contribution in [2.75, 3.05) is 4.90 Å². The molecule has 4 aromatic carbocycles. The maximum absolute atomic E-state index is 6.17. The van der Waals surface area contributed by atoms with Gasteiger partial charge in [0.05, 0.1) is 0 Å². The normalized spacial score (nSPS) is 10.9. The third kappa shape index (κ3) is 3.42. The van der Waals surface area contributed by atoms with Crippen LogP contribution in [0.4, 0.5) is 17.2 Å². The number of rotatable bonds is 4. The molecule has 0 saturated heterocycles. The van der Waals surface area contributed by atoms with Crippen LogP contribution in [0.3, 0.4) is 0 Å². The minimum atomic E-state index is 0. The van der Waals surface area contributed by atoms with Gasteiger partial charge in [0.15, 0.2) is 5.82 Å². The molecule has 0 N–H and O–H groups in total. The molecule has 0 amide bonds. The summed E-state index contributed by atoms with van der Waals surface area (Å²) in [6.07, 6.45) is 1.95. The Bertz CT molecular complexity index is 1450. The first kappa shape index (κ1) is 20.3. The average Bonchev–Trinajstić information content (AvgIpc) is 3.46. The quantitative estimate of drug-likeness (QED) is 0.206. The van der Waals surface area contributed by atoms with E-state index in [1.54, 1.807) is 0 Å². The Morgan fingerprint density at radius 3 is 2.09 bits per heavy atom. The monoisotopic (exact) mass is 593 g/mol. The van der Waals surface area contributed by atoms with E-state index in [1.807, 2.05) is 83.7 Å². The molecule has 0 aliphatic carbocycles. The standard InChI is InChI=1S/C27H18N3O.Ir/c1-3-10-20(11-4-1)30(21-12-5-2-6-13-21)26-18-19-29(28-26)24-16-9-15-23-22-14-7-8-17-25(22)31-27(23)24;/h1-15,17-19H;/q-1;. The molecule has 0 unspecified atom stereocenters. The second-order valence-electron chi connectivity index (χ2n) is 7.29. The molecule has 0 fully saturated rings. The van der Waals surface area contributed by atoms with Gasteiger partial charge in [-0.15, -0.1) is 0 Å². The number of furan rings is 1. The van der Waals surface area contributed by atoms with Gasteiger partial charge in [0.2, 0.25) is 0 Å². The molecular weight excluding hydrogens is 575 g/mol. The number of nitrogens with zero attached hydrogens (tertiary/aromatic N) is 3. The first-order valence-corrected chi connectivity index (χ1v) is 10.2. The Hall–Kier alpha value is -3.66. The van der Waals surface area contributed by atoms with E-state index in [0.717, 1.165) is 44.8 Å². The van der Waals surface area contributed by atoms with Gasteiger partial charge >= 0.3 is 0 Å². The van der Waals surface area contributed by atoms with Crippen molar-refractivity contribution >= 4 is 39.1 Å². The zero-order valence-electron chi connectivity index (χ0n) is 17.0. The van der Waals surface area contributed by atoms with Crippen LogP contribution in [0, 0.1) is 6.07 Å². The van der Waals surface area contributed by atoms with E-state index < -0.39 is 0 Å². The summed E-state index contributed by atoms with van der Waals surface area (Å²) < 4.78 is 8.00. The zero-order valence-corrected chi connectivity index (χ0v) is 19.4. The van der Waals surface area contributed by atoms with Crippen molar-refractivity contribution in [3.8, 4) is 5.69 Å². The van der Waals surface area contributed by atoms with E-state index in [9.17, 15) is 0 Å². The molecular formula is C27H18IrN3O-. The predicted octanol–water partition coefficient (Wildman–Crippen LogP) is 7.04. The first-order valence-electron chi connectivity index (χ1n) is 10.2. The summed E-state index contributed by atoms with van der Waals surface area (Å²) in [5.41, 5.74) is 4.53. The Balaban J connectivity index is 0.00000216. The number of hydrogen-bond acceptors (Lipinski definition) is 3. The van der Waals surface area contributed by atoms with Crippen molar-refractivity contribution in [1.82, 2.24) is 9.78 Å². The number of anilines is 3. The number of hydrogen-bond donors (Lipinski definition) is 0. The van der Waals surface area contributed by atoms with Crippen molar-refractivity contribution in [3.05, 3.63) is 115 Å². The Kier molecular flexibility index (Phi) is 5.36. The summed E-state index contributed by atoms with van der Waals surface area (Å²) in [6, 6.07) is 37.8. The molecule has 0 saturated carbocycles. The van der Waals surface area contributed by atoms with Crippen LogP contribution in [0.25, 0.3) is 27.6 Å². The Labute approximate surface area is 199 Å². The van der Waals surface area contributed by atoms with Gasteiger partial charge < -0.3 is 4.42 Å². The molecule has 6 rings (SSSR count). The van der Waals surface area contributed by atoms with Crippen molar-refractivity contribution in [1.29, 1.82) is 0 Å². The summed E-state index contributed by atoms with van der Waals surface area (Å²) >= 11 is 0. The summed E-state index contributed by atoms with van der Waals surface area (Å²) in [5, 5.41) is 7.06. The third-order valence-electron chi connectivity index (χ3n) is 5.38. The van der Waals surface area contributed by atoms with Gasteiger partial charge in [-0.1, -0.05) is 60.0 Å². The fraction of sp³-hybridized carbons (Fsp3) is 0. The average molecular weight is 593 g/mol. The van der Waals surface area contributed by atoms with Gasteiger partial charge in [-0.05, 0) is 36.0 Å². The first-order chi connectivity index (χ1) is 15.4. The molecule has 0 spiro atoms. The van der Waals surface area contributed by atoms with Crippen molar-refractivity contribution in [2.24, 2.45) is 0 Å². The van der Waals surface area contributed by atoms with Crippen LogP contribution >= 0.6 is 0 Å². The molecule has 2 aromatic heterocycles. The summed E-state index contributed by atoms with van der Waals surface area (Å²) in [4.78, 5) is 2.13. The van der Waals surface area contributed by atoms with Gasteiger partial charge in [0, 0.05) is 54.7 Å². The number of para-hydroxylation sites is 3. The van der Waals surface area contributed by atoms with E-state index in [2.05, 4.69) is 41.3 Å². The largest absolute Gasteiger partial charge is 0.513 e. The predicted molar refractivity (Wildman–Crippen MR) is 124 cm³/mol. The summed E-state index contributed by atoms with van der Waals surface area (Å²) in [7, 11) is 0. The van der Waals surface area contributed by atoms with Crippen LogP contribution in [0.2, 0.25) is 0 Å². The third-order valence-corrected chi connectivity index (χ3v) is 5.38. The van der Waals surface area contributed by atoms with E-state index in [0.29, 0.717) is 0 Å². The molecule has 5 heteroatoms. The summed E-state index contributed by atoms with van der Waals surface area (Å²) in [6.45, 7) is 0. The fourth-order valence-corrected chi connectivity index (χ4v) is 3.97. The van der Waals surface area contributed by atoms with Crippen LogP contribution in [-0.2, 0) is 20.1 Å². The molecule has 1 radical (unpaired) electrons. The van der Waals surface area contributed by atoms with Crippen molar-refractivity contribution in [3.63, 3.8) is 0 Å². The van der Waals surface area contributed by atoms with Crippen LogP contribution in [-0.4, -0.2) is 9.78 Å². The topological polar surface area (TPSA) is 34.2 Å². The SMILES string of the molecule is [Ir].[c-]1ccc2c(oc3ccccc32)c1-n1ccc(N(c2ccccc2)c2ccccc2)n1. The van der Waals surface area contributed by atoms with Gasteiger partial charge in [0.25, 0.3) is 0 Å². The molecule has 0 aliphatic rings. The maximum atomic E-state index is 6.17. The van der Waals surface area contributed by atoms with Gasteiger partial charge in [0.1, 0.15) is 5.58 Å². The molecule has 32 heavy (non-hydrogen) atoms. The maximum Gasteiger partial charge on any atom is 0.159 e. The van der Waals surface area contributed by atoms with Crippen molar-refractivity contribution in [2.45, 2.75) is 0 Å². The smallest absolute Gasteiger partial charge is 0.159 e. The molecule has 6 aromatic rings. The van der Waals surface area contributed by atoms with Crippen LogP contribution in [0.15, 0.2) is 114 Å². The molecule has 0 aliphatic heterocycles. The Morgan fingerprint density at radius 2 is 1.38 bits per heavy atom. The molecule has 0 bridgehead atoms. The van der Waals surface area contributed by atoms with Crippen LogP contribution in [0.5, 0.6) is 0 Å². The molecule has 4 nitrogen and oxygen atoms in total. The van der Waals surface area contributed by atoms with Gasteiger partial charge in [-0.25, -0.2) is 0 Å². The summed E-state index contributed by atoms with van der Waals surface area (Å²) in [5.74, 6) is 0.818. The zero-order chi connectivity index (χ0) is 20.6. The van der Waals surface area contributed by atoms with Crippen molar-refractivity contribution < 1.29 is 24.5 Å². The van der Waals surface area contributed by atoms with E-state index >= 15 is 0 Å². The second-order valence-corrected chi connectivity index (χ2v) is 7.29. The number of fused-ring (bicyclic) bond motifs is 3. The number of benzene rings is 4. The molecule has 2 heterocycles. The Morgan fingerprint density at radius 1 is 0.719 bits per heavy atom. The van der Waals surface area contributed by atoms with E-state index in [4.69, 9.17) is 9.52 Å². The minimum Gasteiger partial charge on any atom is -0.513 e. The van der Waals surface area contributed by atoms with Crippen LogP contribution < -0.4 is 4.90 Å². The van der Waals surface area contributed by atoms with Crippen LogP contribution in [0.1, 0.15) is 0 Å². The molecule has 157 valence electrons. The van der Waals surface area contributed by atoms with Gasteiger partial charge in [-0.2, -0.15) is 23.3 Å². The van der Waals surface area contributed by atoms with E-state index in [1.165, 1.54) is 0 Å². The minimum absolute atomic E-state index is 0.